The normalized spacial score (nSPS) is 19.1. The van der Waals surface area contributed by atoms with Crippen LogP contribution >= 0.6 is 0 Å². The highest BCUT2D eigenvalue weighted by molar-refractivity contribution is 5.75. The van der Waals surface area contributed by atoms with Crippen LogP contribution in [0.2, 0.25) is 0 Å². The first kappa shape index (κ1) is 24.3. The zero-order valence-corrected chi connectivity index (χ0v) is 15.9. The average Bonchev–Trinajstić information content (AvgIpc) is 2.58. The predicted octanol–water partition coefficient (Wildman–Crippen LogP) is 0.741. The summed E-state index contributed by atoms with van der Waals surface area (Å²) in [5.74, 6) is -0.393. The number of hydrogen-bond acceptors (Lipinski definition) is 7. The highest BCUT2D eigenvalue weighted by Crippen LogP contribution is 2.25. The Balaban J connectivity index is 4.53. The Morgan fingerprint density at radius 1 is 1.04 bits per heavy atom. The number of rotatable bonds is 13. The zero-order chi connectivity index (χ0) is 19.6. The van der Waals surface area contributed by atoms with Gasteiger partial charge >= 0.3 is 5.97 Å². The molecule has 0 aromatic carbocycles. The molecular formula is C18H36O7. The minimum atomic E-state index is -2.00. The van der Waals surface area contributed by atoms with Crippen molar-refractivity contribution in [1.29, 1.82) is 0 Å². The van der Waals surface area contributed by atoms with Crippen molar-refractivity contribution in [3.05, 3.63) is 0 Å². The van der Waals surface area contributed by atoms with E-state index in [1.165, 1.54) is 0 Å². The van der Waals surface area contributed by atoms with Gasteiger partial charge in [0.2, 0.25) is 0 Å². The van der Waals surface area contributed by atoms with Crippen LogP contribution in [0.5, 0.6) is 0 Å². The van der Waals surface area contributed by atoms with Crippen molar-refractivity contribution < 1.29 is 35.1 Å². The van der Waals surface area contributed by atoms with Gasteiger partial charge in [-0.3, -0.25) is 0 Å². The topological polar surface area (TPSA) is 127 Å². The van der Waals surface area contributed by atoms with Gasteiger partial charge in [0.25, 0.3) is 0 Å². The molecule has 7 heteroatoms. The summed E-state index contributed by atoms with van der Waals surface area (Å²) in [6.07, 6.45) is -2.09. The fraction of sp³-hybridized carbons (Fsp3) is 0.944. The van der Waals surface area contributed by atoms with Crippen LogP contribution in [0.3, 0.4) is 0 Å². The Bertz CT molecular complexity index is 374. The van der Waals surface area contributed by atoms with Crippen LogP contribution < -0.4 is 0 Å². The summed E-state index contributed by atoms with van der Waals surface area (Å²) >= 11 is 0. The van der Waals surface area contributed by atoms with E-state index in [4.69, 9.17) is 9.84 Å². The van der Waals surface area contributed by atoms with E-state index in [1.807, 2.05) is 6.92 Å². The molecule has 0 radical (unpaired) electrons. The maximum atomic E-state index is 12.1. The van der Waals surface area contributed by atoms with Gasteiger partial charge in [-0.2, -0.15) is 0 Å². The van der Waals surface area contributed by atoms with Crippen molar-refractivity contribution in [3.63, 3.8) is 0 Å². The van der Waals surface area contributed by atoms with E-state index >= 15 is 0 Å². The lowest BCUT2D eigenvalue weighted by atomic mass is 9.94. The second kappa shape index (κ2) is 11.8. The molecule has 0 aliphatic heterocycles. The molecule has 150 valence electrons. The van der Waals surface area contributed by atoms with Crippen LogP contribution in [0, 0.1) is 5.92 Å². The second-order valence-corrected chi connectivity index (χ2v) is 7.39. The summed E-state index contributed by atoms with van der Waals surface area (Å²) in [5.41, 5.74) is -0.768. The summed E-state index contributed by atoms with van der Waals surface area (Å²) in [7, 11) is 0. The van der Waals surface area contributed by atoms with E-state index in [0.29, 0.717) is 18.8 Å². The minimum absolute atomic E-state index is 0.549. The van der Waals surface area contributed by atoms with Gasteiger partial charge in [0.05, 0.1) is 6.61 Å². The third-order valence-corrected chi connectivity index (χ3v) is 4.58. The van der Waals surface area contributed by atoms with E-state index in [9.17, 15) is 25.2 Å². The molecule has 0 amide bonds. The molecule has 5 unspecified atom stereocenters. The van der Waals surface area contributed by atoms with Crippen LogP contribution in [-0.2, 0) is 9.53 Å². The quantitative estimate of drug-likeness (QED) is 0.241. The standard InChI is InChI=1S/C18H36O7/c1-5-18(4,10-8-6-7-9-12(2)3)25-17(24)16(23)15(22)14(21)13(20)11-19/h12-16,19-23H,5-11H2,1-4H3. The maximum absolute atomic E-state index is 12.1. The van der Waals surface area contributed by atoms with Crippen LogP contribution in [0.15, 0.2) is 0 Å². The van der Waals surface area contributed by atoms with Gasteiger partial charge in [-0.15, -0.1) is 0 Å². The fourth-order valence-corrected chi connectivity index (χ4v) is 2.49. The number of esters is 1. The molecule has 0 rings (SSSR count). The number of unbranched alkanes of at least 4 members (excludes halogenated alkanes) is 2. The van der Waals surface area contributed by atoms with Crippen molar-refractivity contribution in [2.75, 3.05) is 6.61 Å². The van der Waals surface area contributed by atoms with E-state index in [0.717, 1.165) is 25.7 Å². The molecule has 5 N–H and O–H groups in total. The molecular weight excluding hydrogens is 328 g/mol. The minimum Gasteiger partial charge on any atom is -0.457 e. The Morgan fingerprint density at radius 2 is 1.64 bits per heavy atom. The third-order valence-electron chi connectivity index (χ3n) is 4.58. The van der Waals surface area contributed by atoms with Gasteiger partial charge in [0.1, 0.15) is 23.9 Å². The SMILES string of the molecule is CCC(C)(CCCCCC(C)C)OC(=O)C(O)C(O)C(O)C(O)CO. The molecule has 0 aliphatic carbocycles. The number of carbonyl (C=O) groups is 1. The Kier molecular flexibility index (Phi) is 11.5. The van der Waals surface area contributed by atoms with Crippen molar-refractivity contribution in [2.24, 2.45) is 5.92 Å². The molecule has 0 aliphatic rings. The number of aliphatic hydroxyl groups is 5. The molecule has 0 fully saturated rings. The van der Waals surface area contributed by atoms with Gasteiger partial charge in [0.15, 0.2) is 6.10 Å². The Morgan fingerprint density at radius 3 is 2.12 bits per heavy atom. The van der Waals surface area contributed by atoms with Crippen molar-refractivity contribution >= 4 is 5.97 Å². The van der Waals surface area contributed by atoms with Crippen molar-refractivity contribution in [2.45, 2.75) is 96.2 Å². The predicted molar refractivity (Wildman–Crippen MR) is 93.8 cm³/mol. The van der Waals surface area contributed by atoms with E-state index in [-0.39, 0.29) is 0 Å². The summed E-state index contributed by atoms with van der Waals surface area (Å²) in [5, 5.41) is 47.2. The lowest BCUT2D eigenvalue weighted by Gasteiger charge is -2.31. The molecule has 0 bridgehead atoms. The highest BCUT2D eigenvalue weighted by Gasteiger charge is 2.38. The van der Waals surface area contributed by atoms with E-state index < -0.39 is 42.6 Å². The fourth-order valence-electron chi connectivity index (χ4n) is 2.49. The molecule has 0 aromatic rings. The molecule has 7 nitrogen and oxygen atoms in total. The first-order valence-corrected chi connectivity index (χ1v) is 9.14. The summed E-state index contributed by atoms with van der Waals surface area (Å²) in [6.45, 7) is 7.18. The number of carbonyl (C=O) groups excluding carboxylic acids is 1. The zero-order valence-electron chi connectivity index (χ0n) is 15.9. The number of ether oxygens (including phenoxy) is 1. The molecule has 0 heterocycles. The lowest BCUT2D eigenvalue weighted by molar-refractivity contribution is -0.184. The molecule has 0 aromatic heterocycles. The first-order valence-electron chi connectivity index (χ1n) is 9.14. The molecule has 0 saturated heterocycles. The monoisotopic (exact) mass is 364 g/mol. The Hall–Kier alpha value is -0.730. The van der Waals surface area contributed by atoms with E-state index in [2.05, 4.69) is 13.8 Å². The Labute approximate surface area is 150 Å². The van der Waals surface area contributed by atoms with Crippen LogP contribution in [-0.4, -0.2) is 68.1 Å². The van der Waals surface area contributed by atoms with E-state index in [1.54, 1.807) is 6.92 Å². The molecule has 0 spiro atoms. The van der Waals surface area contributed by atoms with Crippen molar-refractivity contribution in [1.82, 2.24) is 0 Å². The first-order chi connectivity index (χ1) is 11.6. The smallest absolute Gasteiger partial charge is 0.338 e. The van der Waals surface area contributed by atoms with Gasteiger partial charge < -0.3 is 30.3 Å². The van der Waals surface area contributed by atoms with Crippen LogP contribution in [0.4, 0.5) is 0 Å². The molecule has 5 atom stereocenters. The highest BCUT2D eigenvalue weighted by atomic mass is 16.6. The van der Waals surface area contributed by atoms with Crippen molar-refractivity contribution in [3.8, 4) is 0 Å². The lowest BCUT2D eigenvalue weighted by Crippen LogP contribution is -2.50. The maximum Gasteiger partial charge on any atom is 0.338 e. The van der Waals surface area contributed by atoms with Crippen LogP contribution in [0.1, 0.15) is 66.2 Å². The number of hydrogen-bond donors (Lipinski definition) is 5. The second-order valence-electron chi connectivity index (χ2n) is 7.39. The summed E-state index contributed by atoms with van der Waals surface area (Å²) in [4.78, 5) is 12.1. The average molecular weight is 364 g/mol. The summed E-state index contributed by atoms with van der Waals surface area (Å²) in [6, 6.07) is 0. The number of aliphatic hydroxyl groups excluding tert-OH is 5. The molecule has 25 heavy (non-hydrogen) atoms. The van der Waals surface area contributed by atoms with Gasteiger partial charge in [-0.05, 0) is 32.1 Å². The van der Waals surface area contributed by atoms with Gasteiger partial charge in [0, 0.05) is 0 Å². The van der Waals surface area contributed by atoms with Gasteiger partial charge in [-0.25, -0.2) is 4.79 Å². The third kappa shape index (κ3) is 8.96. The molecule has 0 saturated carbocycles. The van der Waals surface area contributed by atoms with Gasteiger partial charge in [-0.1, -0.05) is 40.0 Å². The van der Waals surface area contributed by atoms with Crippen LogP contribution in [0.25, 0.3) is 0 Å². The summed E-state index contributed by atoms with van der Waals surface area (Å²) < 4.78 is 5.36. The largest absolute Gasteiger partial charge is 0.457 e.